The summed E-state index contributed by atoms with van der Waals surface area (Å²) in [5.74, 6) is 0.842. The van der Waals surface area contributed by atoms with Crippen LogP contribution in [0.5, 0.6) is 5.75 Å². The van der Waals surface area contributed by atoms with Crippen LogP contribution in [-0.4, -0.2) is 16.6 Å². The number of ether oxygens (including phenoxy) is 1. The number of nitrogens with one attached hydrogen (secondary N) is 1. The van der Waals surface area contributed by atoms with Crippen molar-refractivity contribution in [3.63, 3.8) is 0 Å². The molecule has 0 fully saturated rings. The highest BCUT2D eigenvalue weighted by Crippen LogP contribution is 2.24. The number of para-hydroxylation sites is 1. The van der Waals surface area contributed by atoms with Gasteiger partial charge >= 0.3 is 6.61 Å². The molecule has 0 amide bonds. The lowest BCUT2D eigenvalue weighted by atomic mass is 10.2. The molecule has 3 nitrogen and oxygen atoms in total. The lowest BCUT2D eigenvalue weighted by Gasteiger charge is -2.04. The Bertz CT molecular complexity index is 735. The predicted octanol–water partition coefficient (Wildman–Crippen LogP) is 4.14. The van der Waals surface area contributed by atoms with Crippen LogP contribution in [0.3, 0.4) is 0 Å². The van der Waals surface area contributed by atoms with E-state index in [1.807, 2.05) is 25.1 Å². The minimum Gasteiger partial charge on any atom is -0.435 e. The first-order valence-corrected chi connectivity index (χ1v) is 6.14. The Morgan fingerprint density at radius 3 is 2.50 bits per heavy atom. The van der Waals surface area contributed by atoms with E-state index in [1.165, 1.54) is 12.1 Å². The zero-order valence-corrected chi connectivity index (χ0v) is 10.7. The van der Waals surface area contributed by atoms with Crippen molar-refractivity contribution in [2.24, 2.45) is 0 Å². The third-order valence-corrected chi connectivity index (χ3v) is 3.07. The number of imidazole rings is 1. The van der Waals surface area contributed by atoms with Gasteiger partial charge in [0, 0.05) is 5.56 Å². The lowest BCUT2D eigenvalue weighted by Crippen LogP contribution is -2.01. The molecule has 20 heavy (non-hydrogen) atoms. The Morgan fingerprint density at radius 1 is 1.10 bits per heavy atom. The molecule has 5 heteroatoms. The van der Waals surface area contributed by atoms with Gasteiger partial charge < -0.3 is 9.72 Å². The maximum atomic E-state index is 12.1. The highest BCUT2D eigenvalue weighted by Gasteiger charge is 2.08. The van der Waals surface area contributed by atoms with Crippen LogP contribution in [0.2, 0.25) is 0 Å². The number of hydrogen-bond acceptors (Lipinski definition) is 2. The number of hydrogen-bond donors (Lipinski definition) is 1. The van der Waals surface area contributed by atoms with E-state index in [1.54, 1.807) is 12.1 Å². The zero-order chi connectivity index (χ0) is 14.1. The molecule has 3 aromatic rings. The van der Waals surface area contributed by atoms with Gasteiger partial charge in [-0.3, -0.25) is 0 Å². The van der Waals surface area contributed by atoms with Crippen LogP contribution >= 0.6 is 0 Å². The summed E-state index contributed by atoms with van der Waals surface area (Å²) in [4.78, 5) is 7.74. The van der Waals surface area contributed by atoms with Gasteiger partial charge in [0.2, 0.25) is 0 Å². The molecular weight excluding hydrogens is 262 g/mol. The number of fused-ring (bicyclic) bond motifs is 1. The number of alkyl halides is 2. The summed E-state index contributed by atoms with van der Waals surface area (Å²) >= 11 is 0. The number of aryl methyl sites for hydroxylation is 1. The molecular formula is C15H12F2N2O. The highest BCUT2D eigenvalue weighted by atomic mass is 19.3. The fourth-order valence-corrected chi connectivity index (χ4v) is 2.11. The smallest absolute Gasteiger partial charge is 0.387 e. The summed E-state index contributed by atoms with van der Waals surface area (Å²) in [6.45, 7) is -0.818. The minimum atomic E-state index is -2.81. The number of benzene rings is 2. The topological polar surface area (TPSA) is 37.9 Å². The normalized spacial score (nSPS) is 11.2. The van der Waals surface area contributed by atoms with E-state index < -0.39 is 6.61 Å². The average Bonchev–Trinajstić information content (AvgIpc) is 2.84. The average molecular weight is 274 g/mol. The van der Waals surface area contributed by atoms with E-state index in [-0.39, 0.29) is 5.75 Å². The van der Waals surface area contributed by atoms with Gasteiger partial charge in [-0.15, -0.1) is 0 Å². The summed E-state index contributed by atoms with van der Waals surface area (Å²) in [6.07, 6.45) is 0. The van der Waals surface area contributed by atoms with Crippen LogP contribution in [0.4, 0.5) is 8.78 Å². The first-order chi connectivity index (χ1) is 9.63. The maximum Gasteiger partial charge on any atom is 0.387 e. The Morgan fingerprint density at radius 2 is 1.85 bits per heavy atom. The molecule has 0 saturated carbocycles. The molecule has 3 rings (SSSR count). The van der Waals surface area contributed by atoms with E-state index in [0.717, 1.165) is 22.2 Å². The second-order valence-corrected chi connectivity index (χ2v) is 4.46. The van der Waals surface area contributed by atoms with Gasteiger partial charge in [-0.2, -0.15) is 8.78 Å². The molecule has 1 aromatic heterocycles. The molecule has 0 aliphatic carbocycles. The SMILES string of the molecule is Cc1cccc2[nH]c(-c3ccc(OC(F)F)cc3)nc12. The van der Waals surface area contributed by atoms with Crippen LogP contribution in [0, 0.1) is 6.92 Å². The van der Waals surface area contributed by atoms with E-state index >= 15 is 0 Å². The zero-order valence-electron chi connectivity index (χ0n) is 10.7. The first-order valence-electron chi connectivity index (χ1n) is 6.14. The molecule has 2 aromatic carbocycles. The second kappa shape index (κ2) is 4.92. The van der Waals surface area contributed by atoms with Gasteiger partial charge in [0.05, 0.1) is 11.0 Å². The number of rotatable bonds is 3. The predicted molar refractivity (Wildman–Crippen MR) is 72.9 cm³/mol. The van der Waals surface area contributed by atoms with Crippen LogP contribution in [0.1, 0.15) is 5.56 Å². The molecule has 1 heterocycles. The van der Waals surface area contributed by atoms with Crippen LogP contribution < -0.4 is 4.74 Å². The van der Waals surface area contributed by atoms with E-state index in [9.17, 15) is 8.78 Å². The molecule has 0 atom stereocenters. The largest absolute Gasteiger partial charge is 0.435 e. The molecule has 0 radical (unpaired) electrons. The summed E-state index contributed by atoms with van der Waals surface area (Å²) in [5, 5.41) is 0. The van der Waals surface area contributed by atoms with Crippen LogP contribution in [0.25, 0.3) is 22.4 Å². The van der Waals surface area contributed by atoms with Crippen LogP contribution in [-0.2, 0) is 0 Å². The monoisotopic (exact) mass is 274 g/mol. The van der Waals surface area contributed by atoms with Crippen molar-refractivity contribution in [3.8, 4) is 17.1 Å². The molecule has 0 spiro atoms. The fourth-order valence-electron chi connectivity index (χ4n) is 2.11. The van der Waals surface area contributed by atoms with Gasteiger partial charge in [0.15, 0.2) is 0 Å². The summed E-state index contributed by atoms with van der Waals surface area (Å²) in [7, 11) is 0. The van der Waals surface area contributed by atoms with Crippen molar-refractivity contribution in [2.75, 3.05) is 0 Å². The van der Waals surface area contributed by atoms with Gasteiger partial charge in [0.1, 0.15) is 11.6 Å². The molecule has 0 unspecified atom stereocenters. The van der Waals surface area contributed by atoms with Crippen LogP contribution in [0.15, 0.2) is 42.5 Å². The highest BCUT2D eigenvalue weighted by molar-refractivity contribution is 5.82. The van der Waals surface area contributed by atoms with Crippen molar-refractivity contribution in [1.82, 2.24) is 9.97 Å². The molecule has 0 bridgehead atoms. The standard InChI is InChI=1S/C15H12F2N2O/c1-9-3-2-4-12-13(9)19-14(18-12)10-5-7-11(8-6-10)20-15(16)17/h2-8,15H,1H3,(H,18,19). The third kappa shape index (κ3) is 2.34. The second-order valence-electron chi connectivity index (χ2n) is 4.46. The van der Waals surface area contributed by atoms with E-state index in [0.29, 0.717) is 5.82 Å². The van der Waals surface area contributed by atoms with Gasteiger partial charge in [0.25, 0.3) is 0 Å². The Kier molecular flexibility index (Phi) is 3.10. The number of aromatic nitrogens is 2. The molecule has 0 aliphatic rings. The van der Waals surface area contributed by atoms with Gasteiger partial charge in [-0.1, -0.05) is 12.1 Å². The number of H-pyrrole nitrogens is 1. The summed E-state index contributed by atoms with van der Waals surface area (Å²) in [6, 6.07) is 12.3. The minimum absolute atomic E-state index is 0.135. The van der Waals surface area contributed by atoms with Crippen molar-refractivity contribution in [1.29, 1.82) is 0 Å². The number of halogens is 2. The molecule has 0 aliphatic heterocycles. The summed E-state index contributed by atoms with van der Waals surface area (Å²) < 4.78 is 28.5. The lowest BCUT2D eigenvalue weighted by molar-refractivity contribution is -0.0498. The molecule has 102 valence electrons. The fraction of sp³-hybridized carbons (Fsp3) is 0.133. The Hall–Kier alpha value is -2.43. The van der Waals surface area contributed by atoms with Gasteiger partial charge in [-0.25, -0.2) is 4.98 Å². The molecule has 1 N–H and O–H groups in total. The summed E-state index contributed by atoms with van der Waals surface area (Å²) in [5.41, 5.74) is 3.77. The quantitative estimate of drug-likeness (QED) is 0.779. The Labute approximate surface area is 114 Å². The number of aromatic amines is 1. The van der Waals surface area contributed by atoms with E-state index in [2.05, 4.69) is 14.7 Å². The molecule has 0 saturated heterocycles. The van der Waals surface area contributed by atoms with Crippen molar-refractivity contribution < 1.29 is 13.5 Å². The van der Waals surface area contributed by atoms with E-state index in [4.69, 9.17) is 0 Å². The maximum absolute atomic E-state index is 12.1. The van der Waals surface area contributed by atoms with Gasteiger partial charge in [-0.05, 0) is 42.8 Å². The third-order valence-electron chi connectivity index (χ3n) is 3.07. The number of nitrogens with zero attached hydrogens (tertiary/aromatic N) is 1. The Balaban J connectivity index is 1.96. The van der Waals surface area contributed by atoms with Crippen molar-refractivity contribution in [3.05, 3.63) is 48.0 Å². The first kappa shape index (κ1) is 12.6. The van der Waals surface area contributed by atoms with Crippen molar-refractivity contribution >= 4 is 11.0 Å². The van der Waals surface area contributed by atoms with Crippen molar-refractivity contribution in [2.45, 2.75) is 13.5 Å².